The van der Waals surface area contributed by atoms with Crippen molar-refractivity contribution in [1.29, 1.82) is 0 Å². The molecule has 1 aromatic carbocycles. The molecule has 2 unspecified atom stereocenters. The highest BCUT2D eigenvalue weighted by Gasteiger charge is 2.19. The molecule has 1 aliphatic rings. The van der Waals surface area contributed by atoms with E-state index in [1.54, 1.807) is 0 Å². The minimum atomic E-state index is 0.0637. The Morgan fingerprint density at radius 1 is 1.42 bits per heavy atom. The largest absolute Gasteiger partial charge is 0.491 e. The van der Waals surface area contributed by atoms with E-state index in [9.17, 15) is 0 Å². The van der Waals surface area contributed by atoms with Gasteiger partial charge in [0.2, 0.25) is 0 Å². The van der Waals surface area contributed by atoms with Gasteiger partial charge < -0.3 is 15.2 Å². The third kappa shape index (κ3) is 4.20. The first-order valence-electron chi connectivity index (χ1n) is 7.01. The van der Waals surface area contributed by atoms with Crippen LogP contribution in [0.5, 0.6) is 5.75 Å². The zero-order valence-corrected chi connectivity index (χ0v) is 11.8. The molecule has 2 atom stereocenters. The van der Waals surface area contributed by atoms with Gasteiger partial charge in [0.05, 0.1) is 6.61 Å². The SMILES string of the molecule is CCN1CCOC(COc2ccc(C(C)N)cc2)C1. The molecule has 0 radical (unpaired) electrons. The molecule has 106 valence electrons. The second-order valence-electron chi connectivity index (χ2n) is 5.05. The molecule has 0 bridgehead atoms. The van der Waals surface area contributed by atoms with Crippen molar-refractivity contribution >= 4 is 0 Å². The van der Waals surface area contributed by atoms with E-state index >= 15 is 0 Å². The van der Waals surface area contributed by atoms with Gasteiger partial charge in [-0.05, 0) is 31.2 Å². The van der Waals surface area contributed by atoms with E-state index in [-0.39, 0.29) is 12.1 Å². The summed E-state index contributed by atoms with van der Waals surface area (Å²) in [6.45, 7) is 8.61. The summed E-state index contributed by atoms with van der Waals surface area (Å²) in [5.74, 6) is 0.877. The van der Waals surface area contributed by atoms with Gasteiger partial charge in [0, 0.05) is 19.1 Å². The summed E-state index contributed by atoms with van der Waals surface area (Å²) in [7, 11) is 0. The smallest absolute Gasteiger partial charge is 0.119 e. The van der Waals surface area contributed by atoms with Crippen molar-refractivity contribution in [3.05, 3.63) is 29.8 Å². The van der Waals surface area contributed by atoms with Crippen molar-refractivity contribution in [2.75, 3.05) is 32.8 Å². The topological polar surface area (TPSA) is 47.7 Å². The Hall–Kier alpha value is -1.10. The third-order valence-corrected chi connectivity index (χ3v) is 3.51. The Morgan fingerprint density at radius 2 is 2.16 bits per heavy atom. The fourth-order valence-corrected chi connectivity index (χ4v) is 2.23. The van der Waals surface area contributed by atoms with E-state index in [2.05, 4.69) is 11.8 Å². The normalized spacial score (nSPS) is 22.2. The van der Waals surface area contributed by atoms with Crippen LogP contribution < -0.4 is 10.5 Å². The van der Waals surface area contributed by atoms with Crippen LogP contribution in [0.4, 0.5) is 0 Å². The van der Waals surface area contributed by atoms with Crippen LogP contribution in [0, 0.1) is 0 Å². The molecule has 2 N–H and O–H groups in total. The lowest BCUT2D eigenvalue weighted by molar-refractivity contribution is -0.0464. The number of likely N-dealkylation sites (N-methyl/N-ethyl adjacent to an activating group) is 1. The van der Waals surface area contributed by atoms with Crippen LogP contribution in [0.25, 0.3) is 0 Å². The molecule has 4 heteroatoms. The first kappa shape index (κ1) is 14.3. The highest BCUT2D eigenvalue weighted by Crippen LogP contribution is 2.17. The molecule has 1 saturated heterocycles. The molecule has 19 heavy (non-hydrogen) atoms. The lowest BCUT2D eigenvalue weighted by atomic mass is 10.1. The van der Waals surface area contributed by atoms with Crippen LogP contribution in [0.1, 0.15) is 25.5 Å². The molecule has 0 amide bonds. The molecule has 0 aromatic heterocycles. The average molecular weight is 264 g/mol. The predicted octanol–water partition coefficient (Wildman–Crippen LogP) is 1.81. The Labute approximate surface area is 115 Å². The van der Waals surface area contributed by atoms with E-state index in [1.807, 2.05) is 31.2 Å². The summed E-state index contributed by atoms with van der Waals surface area (Å²) in [6.07, 6.45) is 0.168. The van der Waals surface area contributed by atoms with Gasteiger partial charge >= 0.3 is 0 Å². The highest BCUT2D eigenvalue weighted by molar-refractivity contribution is 5.28. The van der Waals surface area contributed by atoms with Crippen molar-refractivity contribution < 1.29 is 9.47 Å². The van der Waals surface area contributed by atoms with Crippen LogP contribution >= 0.6 is 0 Å². The zero-order chi connectivity index (χ0) is 13.7. The van der Waals surface area contributed by atoms with E-state index in [4.69, 9.17) is 15.2 Å². The molecule has 2 rings (SSSR count). The van der Waals surface area contributed by atoms with Crippen LogP contribution in [-0.2, 0) is 4.74 Å². The maximum Gasteiger partial charge on any atom is 0.119 e. The number of nitrogens with zero attached hydrogens (tertiary/aromatic N) is 1. The number of morpholine rings is 1. The van der Waals surface area contributed by atoms with Gasteiger partial charge in [-0.1, -0.05) is 19.1 Å². The number of ether oxygens (including phenoxy) is 2. The fraction of sp³-hybridized carbons (Fsp3) is 0.600. The zero-order valence-electron chi connectivity index (χ0n) is 11.8. The lowest BCUT2D eigenvalue weighted by Gasteiger charge is -2.31. The van der Waals surface area contributed by atoms with E-state index in [1.165, 1.54) is 0 Å². The van der Waals surface area contributed by atoms with E-state index in [0.29, 0.717) is 6.61 Å². The average Bonchev–Trinajstić information content (AvgIpc) is 2.46. The number of hydrogen-bond donors (Lipinski definition) is 1. The first-order chi connectivity index (χ1) is 9.19. The second kappa shape index (κ2) is 6.89. The molecule has 0 spiro atoms. The molecule has 1 heterocycles. The Morgan fingerprint density at radius 3 is 2.79 bits per heavy atom. The molecule has 0 aliphatic carbocycles. The van der Waals surface area contributed by atoms with Crippen LogP contribution in [0.3, 0.4) is 0 Å². The van der Waals surface area contributed by atoms with Crippen LogP contribution in [0.2, 0.25) is 0 Å². The second-order valence-corrected chi connectivity index (χ2v) is 5.05. The number of hydrogen-bond acceptors (Lipinski definition) is 4. The van der Waals surface area contributed by atoms with Gasteiger partial charge in [-0.2, -0.15) is 0 Å². The Kier molecular flexibility index (Phi) is 5.19. The lowest BCUT2D eigenvalue weighted by Crippen LogP contribution is -2.44. The monoisotopic (exact) mass is 264 g/mol. The van der Waals surface area contributed by atoms with Crippen LogP contribution in [-0.4, -0.2) is 43.9 Å². The Bertz CT molecular complexity index is 378. The van der Waals surface area contributed by atoms with Gasteiger partial charge in [0.1, 0.15) is 18.5 Å². The quantitative estimate of drug-likeness (QED) is 0.881. The predicted molar refractivity (Wildman–Crippen MR) is 76.4 cm³/mol. The highest BCUT2D eigenvalue weighted by atomic mass is 16.5. The molecule has 0 saturated carbocycles. The first-order valence-corrected chi connectivity index (χ1v) is 7.01. The third-order valence-electron chi connectivity index (χ3n) is 3.51. The minimum Gasteiger partial charge on any atom is -0.491 e. The molecule has 1 fully saturated rings. The summed E-state index contributed by atoms with van der Waals surface area (Å²) in [6, 6.07) is 8.03. The molecular formula is C15H24N2O2. The van der Waals surface area contributed by atoms with Crippen molar-refractivity contribution in [2.45, 2.75) is 26.0 Å². The van der Waals surface area contributed by atoms with Gasteiger partial charge in [-0.3, -0.25) is 4.90 Å². The molecule has 4 nitrogen and oxygen atoms in total. The molecule has 1 aliphatic heterocycles. The van der Waals surface area contributed by atoms with Crippen LogP contribution in [0.15, 0.2) is 24.3 Å². The maximum absolute atomic E-state index is 5.82. The maximum atomic E-state index is 5.82. The standard InChI is InChI=1S/C15H24N2O2/c1-3-17-8-9-18-15(10-17)11-19-14-6-4-13(5-7-14)12(2)16/h4-7,12,15H,3,8-11,16H2,1-2H3. The Balaban J connectivity index is 1.81. The summed E-state index contributed by atoms with van der Waals surface area (Å²) >= 11 is 0. The molecular weight excluding hydrogens is 240 g/mol. The number of benzene rings is 1. The van der Waals surface area contributed by atoms with E-state index < -0.39 is 0 Å². The van der Waals surface area contributed by atoms with Gasteiger partial charge in [-0.15, -0.1) is 0 Å². The summed E-state index contributed by atoms with van der Waals surface area (Å²) in [5, 5.41) is 0. The summed E-state index contributed by atoms with van der Waals surface area (Å²) in [4.78, 5) is 2.39. The van der Waals surface area contributed by atoms with Gasteiger partial charge in [-0.25, -0.2) is 0 Å². The number of nitrogens with two attached hydrogens (primary N) is 1. The van der Waals surface area contributed by atoms with Crippen molar-refractivity contribution in [3.8, 4) is 5.75 Å². The molecule has 1 aromatic rings. The van der Waals surface area contributed by atoms with Gasteiger partial charge in [0.25, 0.3) is 0 Å². The minimum absolute atomic E-state index is 0.0637. The number of rotatable bonds is 5. The van der Waals surface area contributed by atoms with Gasteiger partial charge in [0.15, 0.2) is 0 Å². The summed E-state index contributed by atoms with van der Waals surface area (Å²) in [5.41, 5.74) is 6.94. The van der Waals surface area contributed by atoms with Crippen molar-refractivity contribution in [2.24, 2.45) is 5.73 Å². The van der Waals surface area contributed by atoms with Crippen molar-refractivity contribution in [3.63, 3.8) is 0 Å². The fourth-order valence-electron chi connectivity index (χ4n) is 2.23. The van der Waals surface area contributed by atoms with E-state index in [0.717, 1.165) is 37.6 Å². The van der Waals surface area contributed by atoms with Crippen molar-refractivity contribution in [1.82, 2.24) is 4.90 Å². The summed E-state index contributed by atoms with van der Waals surface area (Å²) < 4.78 is 11.5.